The minimum Gasteiger partial charge on any atom is -0.489 e. The summed E-state index contributed by atoms with van der Waals surface area (Å²) in [6.07, 6.45) is 0. The maximum atomic E-state index is 13.4. The van der Waals surface area contributed by atoms with Gasteiger partial charge in [0.2, 0.25) is 11.8 Å². The predicted molar refractivity (Wildman–Crippen MR) is 164 cm³/mol. The van der Waals surface area contributed by atoms with Gasteiger partial charge in [0, 0.05) is 23.4 Å². The summed E-state index contributed by atoms with van der Waals surface area (Å²) in [5.41, 5.74) is 8.67. The van der Waals surface area contributed by atoms with Gasteiger partial charge in [-0.05, 0) is 72.1 Å². The number of ether oxygens (including phenoxy) is 1. The van der Waals surface area contributed by atoms with Crippen molar-refractivity contribution >= 4 is 35.5 Å². The van der Waals surface area contributed by atoms with Gasteiger partial charge in [-0.2, -0.15) is 0 Å². The highest BCUT2D eigenvalue weighted by molar-refractivity contribution is 6.11. The van der Waals surface area contributed by atoms with Crippen molar-refractivity contribution in [3.05, 3.63) is 135 Å². The van der Waals surface area contributed by atoms with E-state index in [1.54, 1.807) is 72.8 Å². The maximum Gasteiger partial charge on any atom is 0.290 e. The average Bonchev–Trinajstić information content (AvgIpc) is 3.01. The van der Waals surface area contributed by atoms with Crippen molar-refractivity contribution in [2.45, 2.75) is 25.5 Å². The van der Waals surface area contributed by atoms with Crippen molar-refractivity contribution in [3.8, 4) is 5.75 Å². The van der Waals surface area contributed by atoms with E-state index in [4.69, 9.17) is 25.8 Å². The zero-order valence-electron chi connectivity index (χ0n) is 23.7. The molecule has 44 heavy (non-hydrogen) atoms. The Balaban J connectivity index is 0.00000169. The third kappa shape index (κ3) is 9.24. The zero-order chi connectivity index (χ0) is 32.1. The predicted octanol–water partition coefficient (Wildman–Crippen LogP) is 4.76. The lowest BCUT2D eigenvalue weighted by molar-refractivity contribution is -0.384. The summed E-state index contributed by atoms with van der Waals surface area (Å²) in [5.74, 6) is -1.53. The number of amidine groups is 1. The number of anilines is 1. The smallest absolute Gasteiger partial charge is 0.290 e. The number of hydrogen-bond acceptors (Lipinski definition) is 7. The minimum atomic E-state index is -1.10. The van der Waals surface area contributed by atoms with Crippen molar-refractivity contribution in [3.63, 3.8) is 0 Å². The summed E-state index contributed by atoms with van der Waals surface area (Å²) >= 11 is 0. The van der Waals surface area contributed by atoms with Crippen LogP contribution in [0.3, 0.4) is 0 Å². The fraction of sp³-hybridized carbons (Fsp3) is 0.125. The number of nitrogens with zero attached hydrogens (tertiary/aromatic N) is 1. The van der Waals surface area contributed by atoms with Crippen LogP contribution >= 0.6 is 0 Å². The van der Waals surface area contributed by atoms with Gasteiger partial charge in [-0.3, -0.25) is 29.9 Å². The van der Waals surface area contributed by atoms with Crippen LogP contribution in [0.15, 0.2) is 103 Å². The quantitative estimate of drug-likeness (QED) is 0.0407. The number of benzene rings is 4. The number of nitrogen functional groups attached to an aromatic ring is 1. The van der Waals surface area contributed by atoms with Crippen molar-refractivity contribution in [1.29, 1.82) is 5.41 Å². The van der Waals surface area contributed by atoms with Gasteiger partial charge in [-0.1, -0.05) is 42.5 Å². The van der Waals surface area contributed by atoms with Gasteiger partial charge in [-0.15, -0.1) is 0 Å². The van der Waals surface area contributed by atoms with E-state index in [0.717, 1.165) is 11.1 Å². The lowest BCUT2D eigenvalue weighted by atomic mass is 9.96. The Bertz CT molecular complexity index is 1580. The second-order valence-corrected chi connectivity index (χ2v) is 9.44. The molecule has 4 rings (SSSR count). The van der Waals surface area contributed by atoms with Crippen molar-refractivity contribution < 1.29 is 29.2 Å². The van der Waals surface area contributed by atoms with Gasteiger partial charge in [-0.25, -0.2) is 0 Å². The summed E-state index contributed by atoms with van der Waals surface area (Å²) in [6, 6.07) is 28.2. The molecule has 0 saturated heterocycles. The van der Waals surface area contributed by atoms with Gasteiger partial charge in [0.1, 0.15) is 24.1 Å². The Morgan fingerprint density at radius 3 is 2.07 bits per heavy atom. The fourth-order valence-electron chi connectivity index (χ4n) is 4.13. The number of nitro groups is 1. The molecule has 12 nitrogen and oxygen atoms in total. The largest absolute Gasteiger partial charge is 0.489 e. The number of nitro benzene ring substituents is 1. The first-order chi connectivity index (χ1) is 21.1. The monoisotopic (exact) mass is 597 g/mol. The van der Waals surface area contributed by atoms with Crippen LogP contribution in [-0.2, 0) is 21.0 Å². The molecule has 0 aliphatic carbocycles. The molecule has 0 heterocycles. The molecule has 226 valence electrons. The topological polar surface area (TPSA) is 198 Å². The molecule has 6 N–H and O–H groups in total. The summed E-state index contributed by atoms with van der Waals surface area (Å²) in [4.78, 5) is 45.4. The van der Waals surface area contributed by atoms with Gasteiger partial charge in [0.05, 0.1) is 11.0 Å². The van der Waals surface area contributed by atoms with Crippen LogP contribution < -0.4 is 21.1 Å². The summed E-state index contributed by atoms with van der Waals surface area (Å²) < 4.78 is 5.78. The number of nitrogens with one attached hydrogen (secondary N) is 3. The molecule has 0 aliphatic rings. The Morgan fingerprint density at radius 2 is 1.52 bits per heavy atom. The number of rotatable bonds is 11. The van der Waals surface area contributed by atoms with E-state index in [1.807, 2.05) is 25.1 Å². The van der Waals surface area contributed by atoms with E-state index in [-0.39, 0.29) is 24.6 Å². The second kappa shape index (κ2) is 15.8. The Morgan fingerprint density at radius 1 is 0.932 bits per heavy atom. The maximum absolute atomic E-state index is 13.4. The zero-order valence-corrected chi connectivity index (χ0v) is 23.7. The van der Waals surface area contributed by atoms with Gasteiger partial charge in [0.15, 0.2) is 0 Å². The van der Waals surface area contributed by atoms with E-state index < -0.39 is 28.7 Å². The van der Waals surface area contributed by atoms with Crippen molar-refractivity contribution in [2.24, 2.45) is 5.73 Å². The number of carbonyl (C=O) groups excluding carboxylic acids is 2. The highest BCUT2D eigenvalue weighted by Gasteiger charge is 2.29. The Kier molecular flexibility index (Phi) is 11.7. The van der Waals surface area contributed by atoms with Gasteiger partial charge >= 0.3 is 0 Å². The number of nitrogens with two attached hydrogens (primary N) is 1. The van der Waals surface area contributed by atoms with E-state index in [1.165, 1.54) is 12.1 Å². The molecule has 0 aliphatic heterocycles. The SMILES string of the molecule is CC(NC(=O)C(C(=O)Nc1ccc(C(=N)N)cc1)c1ccccc1)c1ccc(OCc2ccc([N+](=O)[O-])cc2)cc1.O=CO. The summed E-state index contributed by atoms with van der Waals surface area (Å²) in [7, 11) is 0. The lowest BCUT2D eigenvalue weighted by Crippen LogP contribution is -2.37. The van der Waals surface area contributed by atoms with Crippen LogP contribution in [0.1, 0.15) is 41.1 Å². The molecule has 0 saturated carbocycles. The number of hydrogen-bond donors (Lipinski definition) is 5. The average molecular weight is 598 g/mol. The highest BCUT2D eigenvalue weighted by atomic mass is 16.6. The number of non-ortho nitro benzene ring substituents is 1. The molecule has 0 aromatic heterocycles. The van der Waals surface area contributed by atoms with Crippen LogP contribution in [0, 0.1) is 15.5 Å². The van der Waals surface area contributed by atoms with E-state index in [2.05, 4.69) is 10.6 Å². The van der Waals surface area contributed by atoms with Crippen LogP contribution in [-0.4, -0.2) is 34.2 Å². The molecule has 0 radical (unpaired) electrons. The third-order valence-corrected chi connectivity index (χ3v) is 6.41. The standard InChI is InChI=1S/C31H29N5O5.CH2O2/c1-20(22-11-17-27(18-12-22)41-19-21-7-15-26(16-8-21)36(39)40)34-30(37)28(23-5-3-2-4-6-23)31(38)35-25-13-9-24(10-14-25)29(32)33;2-1-3/h2-18,20,28H,19H2,1H3,(H3,32,33)(H,34,37)(H,35,38);1H,(H,2,3). The number of carboxylic acid groups (broad SMARTS) is 1. The molecule has 4 aromatic carbocycles. The molecule has 0 bridgehead atoms. The molecular weight excluding hydrogens is 566 g/mol. The normalized spacial score (nSPS) is 11.5. The van der Waals surface area contributed by atoms with Crippen molar-refractivity contribution in [2.75, 3.05) is 5.32 Å². The number of amides is 2. The Hall–Kier alpha value is -6.04. The summed E-state index contributed by atoms with van der Waals surface area (Å²) in [6.45, 7) is 1.82. The molecule has 2 unspecified atom stereocenters. The first-order valence-electron chi connectivity index (χ1n) is 13.3. The molecule has 0 spiro atoms. The van der Waals surface area contributed by atoms with E-state index >= 15 is 0 Å². The van der Waals surface area contributed by atoms with Crippen LogP contribution in [0.25, 0.3) is 0 Å². The molecule has 4 aromatic rings. The molecule has 0 fully saturated rings. The fourth-order valence-corrected chi connectivity index (χ4v) is 4.13. The van der Waals surface area contributed by atoms with Gasteiger partial charge < -0.3 is 26.2 Å². The van der Waals surface area contributed by atoms with Gasteiger partial charge in [0.25, 0.3) is 12.2 Å². The lowest BCUT2D eigenvalue weighted by Gasteiger charge is -2.21. The van der Waals surface area contributed by atoms with Crippen LogP contribution in [0.4, 0.5) is 11.4 Å². The number of carbonyl (C=O) groups is 3. The van der Waals surface area contributed by atoms with Crippen LogP contribution in [0.5, 0.6) is 5.75 Å². The first-order valence-corrected chi connectivity index (χ1v) is 13.3. The molecule has 12 heteroatoms. The molecular formula is C32H31N5O7. The summed E-state index contributed by atoms with van der Waals surface area (Å²) in [5, 5.41) is 30.9. The highest BCUT2D eigenvalue weighted by Crippen LogP contribution is 2.23. The molecule has 2 amide bonds. The molecule has 2 atom stereocenters. The minimum absolute atomic E-state index is 0.0180. The van der Waals surface area contributed by atoms with Crippen molar-refractivity contribution in [1.82, 2.24) is 5.32 Å². The Labute approximate surface area is 253 Å². The first kappa shape index (κ1) is 32.5. The second-order valence-electron chi connectivity index (χ2n) is 9.44. The van der Waals surface area contributed by atoms with E-state index in [9.17, 15) is 19.7 Å². The van der Waals surface area contributed by atoms with E-state index in [0.29, 0.717) is 22.6 Å². The third-order valence-electron chi connectivity index (χ3n) is 6.41. The van der Waals surface area contributed by atoms with Crippen LogP contribution in [0.2, 0.25) is 0 Å².